The van der Waals surface area contributed by atoms with Crippen LogP contribution in [0.3, 0.4) is 0 Å². The minimum absolute atomic E-state index is 0.335. The van der Waals surface area contributed by atoms with Crippen molar-refractivity contribution in [3.63, 3.8) is 0 Å². The normalized spacial score (nSPS) is 11.4. The van der Waals surface area contributed by atoms with Gasteiger partial charge in [-0.1, -0.05) is 36.4 Å². The zero-order chi connectivity index (χ0) is 12.1. The van der Waals surface area contributed by atoms with Crippen molar-refractivity contribution >= 4 is 0 Å². The summed E-state index contributed by atoms with van der Waals surface area (Å²) >= 11 is 0. The van der Waals surface area contributed by atoms with Crippen LogP contribution in [0.15, 0.2) is 59.8 Å². The Balaban J connectivity index is 2.37. The van der Waals surface area contributed by atoms with Crippen molar-refractivity contribution in [1.29, 1.82) is 0 Å². The monoisotopic (exact) mass is 229 g/mol. The first-order valence-electron chi connectivity index (χ1n) is 5.14. The molecule has 5 heteroatoms. The second kappa shape index (κ2) is 5.07. The van der Waals surface area contributed by atoms with Crippen molar-refractivity contribution in [1.82, 2.24) is 4.57 Å². The highest BCUT2D eigenvalue weighted by atomic mass is 16.7. The summed E-state index contributed by atoms with van der Waals surface area (Å²) in [7, 11) is 0. The Bertz CT molecular complexity index is 576. The number of hydrogen-bond acceptors (Lipinski definition) is 2. The van der Waals surface area contributed by atoms with E-state index < -0.39 is 5.03 Å². The van der Waals surface area contributed by atoms with E-state index in [1.807, 2.05) is 36.4 Å². The molecule has 0 atom stereocenters. The third kappa shape index (κ3) is 3.01. The van der Waals surface area contributed by atoms with Crippen molar-refractivity contribution in [3.8, 4) is 0 Å². The highest BCUT2D eigenvalue weighted by Crippen LogP contribution is 1.99. The molecule has 0 amide bonds. The van der Waals surface area contributed by atoms with Gasteiger partial charge in [-0.05, 0) is 17.7 Å². The minimum Gasteiger partial charge on any atom is -0.324 e. The molecule has 0 aliphatic carbocycles. The number of aromatic nitrogens is 1. The standard InChI is InChI=1S/C12H11N3O2/c16-15(17)13-12-8-4-5-9-14(12)10-11-6-2-1-3-7-11/h1-9H,10H2/b13-12-. The molecule has 0 aliphatic rings. The number of nitro groups is 1. The number of nitrogens with zero attached hydrogens (tertiary/aromatic N) is 3. The highest BCUT2D eigenvalue weighted by Gasteiger charge is 1.98. The van der Waals surface area contributed by atoms with E-state index in [2.05, 4.69) is 5.10 Å². The summed E-state index contributed by atoms with van der Waals surface area (Å²) in [6.45, 7) is 0.564. The van der Waals surface area contributed by atoms with Gasteiger partial charge in [0.25, 0.3) is 0 Å². The molecule has 0 aliphatic heterocycles. The van der Waals surface area contributed by atoms with Crippen LogP contribution < -0.4 is 5.49 Å². The van der Waals surface area contributed by atoms with Gasteiger partial charge in [-0.25, -0.2) is 10.1 Å². The van der Waals surface area contributed by atoms with Crippen LogP contribution in [0.2, 0.25) is 0 Å². The quantitative estimate of drug-likeness (QED) is 0.593. The molecule has 1 heterocycles. The molecule has 0 radical (unpaired) electrons. The fourth-order valence-corrected chi connectivity index (χ4v) is 1.56. The van der Waals surface area contributed by atoms with E-state index in [4.69, 9.17) is 0 Å². The van der Waals surface area contributed by atoms with Crippen LogP contribution in [-0.4, -0.2) is 9.60 Å². The molecule has 1 aromatic heterocycles. The topological polar surface area (TPSA) is 60.4 Å². The van der Waals surface area contributed by atoms with Gasteiger partial charge < -0.3 is 4.57 Å². The molecule has 0 fully saturated rings. The number of pyridine rings is 1. The minimum atomic E-state index is -0.684. The predicted octanol–water partition coefficient (Wildman–Crippen LogP) is 1.63. The Morgan fingerprint density at radius 3 is 2.53 bits per heavy atom. The van der Waals surface area contributed by atoms with E-state index in [-0.39, 0.29) is 0 Å². The lowest BCUT2D eigenvalue weighted by atomic mass is 10.2. The van der Waals surface area contributed by atoms with Gasteiger partial charge in [0.05, 0.1) is 5.10 Å². The molecule has 1 aromatic carbocycles. The molecular formula is C12H11N3O2. The van der Waals surface area contributed by atoms with Crippen LogP contribution in [0.5, 0.6) is 0 Å². The molecule has 17 heavy (non-hydrogen) atoms. The van der Waals surface area contributed by atoms with Crippen LogP contribution in [0, 0.1) is 10.1 Å². The first kappa shape index (κ1) is 11.1. The van der Waals surface area contributed by atoms with E-state index in [9.17, 15) is 10.1 Å². The second-order valence-corrected chi connectivity index (χ2v) is 3.51. The molecule has 2 rings (SSSR count). The van der Waals surface area contributed by atoms with Gasteiger partial charge in [-0.15, -0.1) is 0 Å². The first-order valence-corrected chi connectivity index (χ1v) is 5.14. The summed E-state index contributed by atoms with van der Waals surface area (Å²) in [6, 6.07) is 14.9. The maximum Gasteiger partial charge on any atom is 0.207 e. The van der Waals surface area contributed by atoms with E-state index >= 15 is 0 Å². The lowest BCUT2D eigenvalue weighted by Crippen LogP contribution is -2.21. The number of rotatable bonds is 3. The number of benzene rings is 1. The summed E-state index contributed by atoms with van der Waals surface area (Å²) in [6.07, 6.45) is 1.77. The maximum atomic E-state index is 10.4. The van der Waals surface area contributed by atoms with Gasteiger partial charge >= 0.3 is 0 Å². The fourth-order valence-electron chi connectivity index (χ4n) is 1.56. The Hall–Kier alpha value is -2.43. The SMILES string of the molecule is O=[N+]([O-])/N=c1/ccccn1Cc1ccccc1. The molecule has 0 bridgehead atoms. The van der Waals surface area contributed by atoms with Gasteiger partial charge in [-0.3, -0.25) is 0 Å². The third-order valence-electron chi connectivity index (χ3n) is 2.30. The summed E-state index contributed by atoms with van der Waals surface area (Å²) in [5.41, 5.74) is 1.41. The molecule has 0 saturated heterocycles. The average molecular weight is 229 g/mol. The van der Waals surface area contributed by atoms with Crippen LogP contribution >= 0.6 is 0 Å². The molecular weight excluding hydrogens is 218 g/mol. The van der Waals surface area contributed by atoms with Gasteiger partial charge in [-0.2, -0.15) is 0 Å². The molecule has 0 spiro atoms. The van der Waals surface area contributed by atoms with Crippen LogP contribution in [0.4, 0.5) is 0 Å². The van der Waals surface area contributed by atoms with E-state index in [0.29, 0.717) is 12.0 Å². The summed E-state index contributed by atoms with van der Waals surface area (Å²) in [5.74, 6) is 0. The lowest BCUT2D eigenvalue weighted by molar-refractivity contribution is -0.490. The highest BCUT2D eigenvalue weighted by molar-refractivity contribution is 5.15. The van der Waals surface area contributed by atoms with Crippen LogP contribution in [0.25, 0.3) is 0 Å². The van der Waals surface area contributed by atoms with Crippen molar-refractivity contribution in [2.45, 2.75) is 6.54 Å². The lowest BCUT2D eigenvalue weighted by Gasteiger charge is -2.05. The summed E-state index contributed by atoms with van der Waals surface area (Å²) < 4.78 is 1.73. The van der Waals surface area contributed by atoms with Gasteiger partial charge in [0, 0.05) is 12.7 Å². The summed E-state index contributed by atoms with van der Waals surface area (Å²) in [4.78, 5) is 10.4. The molecule has 0 N–H and O–H groups in total. The van der Waals surface area contributed by atoms with Gasteiger partial charge in [0.15, 0.2) is 5.03 Å². The van der Waals surface area contributed by atoms with Crippen molar-refractivity contribution in [2.24, 2.45) is 5.10 Å². The molecule has 86 valence electrons. The van der Waals surface area contributed by atoms with Gasteiger partial charge in [0.2, 0.25) is 5.49 Å². The molecule has 5 nitrogen and oxygen atoms in total. The fraction of sp³-hybridized carbons (Fsp3) is 0.0833. The van der Waals surface area contributed by atoms with Crippen molar-refractivity contribution in [3.05, 3.63) is 75.9 Å². The van der Waals surface area contributed by atoms with Crippen molar-refractivity contribution in [2.75, 3.05) is 0 Å². The average Bonchev–Trinajstić information content (AvgIpc) is 2.32. The van der Waals surface area contributed by atoms with E-state index in [1.165, 1.54) is 0 Å². The first-order chi connectivity index (χ1) is 8.25. The maximum absolute atomic E-state index is 10.4. The van der Waals surface area contributed by atoms with E-state index in [0.717, 1.165) is 5.56 Å². The summed E-state index contributed by atoms with van der Waals surface area (Å²) in [5, 5.41) is 13.1. The van der Waals surface area contributed by atoms with Crippen molar-refractivity contribution < 1.29 is 5.03 Å². The van der Waals surface area contributed by atoms with E-state index in [1.54, 1.807) is 22.9 Å². The largest absolute Gasteiger partial charge is 0.324 e. The third-order valence-corrected chi connectivity index (χ3v) is 2.30. The van der Waals surface area contributed by atoms with Crippen LogP contribution in [0.1, 0.15) is 5.56 Å². The Morgan fingerprint density at radius 1 is 1.12 bits per heavy atom. The zero-order valence-corrected chi connectivity index (χ0v) is 9.06. The molecule has 0 saturated carbocycles. The number of hydrogen-bond donors (Lipinski definition) is 0. The molecule has 2 aromatic rings. The Morgan fingerprint density at radius 2 is 1.82 bits per heavy atom. The van der Waals surface area contributed by atoms with Gasteiger partial charge in [0.1, 0.15) is 0 Å². The molecule has 0 unspecified atom stereocenters. The van der Waals surface area contributed by atoms with Crippen LogP contribution in [-0.2, 0) is 6.54 Å². The Labute approximate surface area is 97.8 Å². The smallest absolute Gasteiger partial charge is 0.207 e. The second-order valence-electron chi connectivity index (χ2n) is 3.51. The predicted molar refractivity (Wildman–Crippen MR) is 62.5 cm³/mol. The zero-order valence-electron chi connectivity index (χ0n) is 9.06. The Kier molecular flexibility index (Phi) is 3.30.